The van der Waals surface area contributed by atoms with Crippen molar-refractivity contribution in [3.8, 4) is 0 Å². The number of fused-ring (bicyclic) bond motifs is 1. The van der Waals surface area contributed by atoms with E-state index in [0.717, 1.165) is 51.1 Å². The van der Waals surface area contributed by atoms with Crippen LogP contribution in [0.1, 0.15) is 24.2 Å². The molecule has 1 fully saturated rings. The molecule has 136 valence electrons. The fraction of sp³-hybridized carbons (Fsp3) is 0.867. The number of hydrogen-bond acceptors (Lipinski definition) is 6. The molecule has 24 heavy (non-hydrogen) atoms. The summed E-state index contributed by atoms with van der Waals surface area (Å²) in [7, 11) is -1.39. The van der Waals surface area contributed by atoms with Crippen LogP contribution in [0.5, 0.6) is 0 Å². The molecular weight excluding hydrogens is 330 g/mol. The number of nitrogens with zero attached hydrogens (tertiary/aromatic N) is 5. The Morgan fingerprint density at radius 2 is 2.17 bits per heavy atom. The van der Waals surface area contributed by atoms with Crippen LogP contribution in [0.4, 0.5) is 0 Å². The van der Waals surface area contributed by atoms with E-state index in [1.54, 1.807) is 11.4 Å². The van der Waals surface area contributed by atoms with E-state index in [4.69, 9.17) is 4.74 Å². The van der Waals surface area contributed by atoms with Crippen LogP contribution in [0.15, 0.2) is 0 Å². The number of aromatic nitrogens is 3. The summed E-state index contributed by atoms with van der Waals surface area (Å²) in [6.45, 7) is 5.39. The van der Waals surface area contributed by atoms with Gasteiger partial charge in [-0.25, -0.2) is 17.4 Å². The zero-order chi connectivity index (χ0) is 17.2. The van der Waals surface area contributed by atoms with Gasteiger partial charge in [-0.05, 0) is 18.8 Å². The minimum absolute atomic E-state index is 0.401. The lowest BCUT2D eigenvalue weighted by molar-refractivity contribution is 0.163. The van der Waals surface area contributed by atoms with Gasteiger partial charge in [0.1, 0.15) is 0 Å². The molecule has 0 aliphatic carbocycles. The summed E-state index contributed by atoms with van der Waals surface area (Å²) < 4.78 is 32.2. The molecule has 8 nitrogen and oxygen atoms in total. The molecule has 0 N–H and O–H groups in total. The third-order valence-electron chi connectivity index (χ3n) is 4.93. The molecule has 1 aromatic rings. The Morgan fingerprint density at radius 3 is 2.92 bits per heavy atom. The zero-order valence-corrected chi connectivity index (χ0v) is 15.3. The highest BCUT2D eigenvalue weighted by Crippen LogP contribution is 2.23. The van der Waals surface area contributed by atoms with Crippen molar-refractivity contribution in [2.45, 2.75) is 32.4 Å². The minimum atomic E-state index is -3.08. The molecule has 3 rings (SSSR count). The second-order valence-electron chi connectivity index (χ2n) is 6.81. The molecule has 0 amide bonds. The molecule has 0 aromatic carbocycles. The first kappa shape index (κ1) is 17.8. The van der Waals surface area contributed by atoms with Crippen molar-refractivity contribution in [2.24, 2.45) is 5.92 Å². The van der Waals surface area contributed by atoms with Gasteiger partial charge >= 0.3 is 0 Å². The van der Waals surface area contributed by atoms with Crippen molar-refractivity contribution >= 4 is 10.0 Å². The van der Waals surface area contributed by atoms with Gasteiger partial charge in [-0.3, -0.25) is 4.90 Å². The molecule has 2 aliphatic heterocycles. The van der Waals surface area contributed by atoms with E-state index in [9.17, 15) is 8.42 Å². The molecule has 9 heteroatoms. The maximum atomic E-state index is 11.8. The Kier molecular flexibility index (Phi) is 5.53. The van der Waals surface area contributed by atoms with Gasteiger partial charge in [0.05, 0.1) is 30.8 Å². The van der Waals surface area contributed by atoms with Crippen LogP contribution in [0, 0.1) is 5.92 Å². The Morgan fingerprint density at radius 1 is 1.33 bits per heavy atom. The van der Waals surface area contributed by atoms with Gasteiger partial charge in [-0.15, -0.1) is 5.10 Å². The molecule has 0 saturated carbocycles. The fourth-order valence-electron chi connectivity index (χ4n) is 3.68. The largest absolute Gasteiger partial charge is 0.383 e. The highest BCUT2D eigenvalue weighted by atomic mass is 32.2. The SMILES string of the molecule is COCCn1nnc2c1CCN(CC1CCCN(S(C)(=O)=O)C1)C2. The third kappa shape index (κ3) is 4.14. The van der Waals surface area contributed by atoms with E-state index in [0.29, 0.717) is 25.6 Å². The van der Waals surface area contributed by atoms with Gasteiger partial charge in [0.15, 0.2) is 0 Å². The van der Waals surface area contributed by atoms with Crippen molar-refractivity contribution < 1.29 is 13.2 Å². The number of piperidine rings is 1. The quantitative estimate of drug-likeness (QED) is 0.710. The number of rotatable bonds is 6. The monoisotopic (exact) mass is 357 g/mol. The predicted octanol–water partition coefficient (Wildman–Crippen LogP) is -0.0458. The van der Waals surface area contributed by atoms with E-state index in [-0.39, 0.29) is 0 Å². The van der Waals surface area contributed by atoms with Gasteiger partial charge in [0.25, 0.3) is 0 Å². The van der Waals surface area contributed by atoms with E-state index in [2.05, 4.69) is 15.2 Å². The second kappa shape index (κ2) is 7.47. The van der Waals surface area contributed by atoms with Crippen molar-refractivity contribution in [1.82, 2.24) is 24.2 Å². The average Bonchev–Trinajstić information content (AvgIpc) is 2.94. The normalized spacial score (nSPS) is 23.3. The van der Waals surface area contributed by atoms with E-state index >= 15 is 0 Å². The Bertz CT molecular complexity index is 660. The number of sulfonamides is 1. The molecule has 3 heterocycles. The maximum absolute atomic E-state index is 11.8. The Labute approximate surface area is 143 Å². The van der Waals surface area contributed by atoms with E-state index in [1.807, 2.05) is 4.68 Å². The average molecular weight is 357 g/mol. The van der Waals surface area contributed by atoms with Gasteiger partial charge < -0.3 is 4.74 Å². The number of hydrogen-bond donors (Lipinski definition) is 0. The fourth-order valence-corrected chi connectivity index (χ4v) is 4.62. The van der Waals surface area contributed by atoms with Gasteiger partial charge in [-0.2, -0.15) is 0 Å². The van der Waals surface area contributed by atoms with Crippen molar-refractivity contribution in [2.75, 3.05) is 46.2 Å². The lowest BCUT2D eigenvalue weighted by Crippen LogP contribution is -2.44. The first-order valence-electron chi connectivity index (χ1n) is 8.55. The molecule has 0 radical (unpaired) electrons. The molecule has 0 spiro atoms. The number of ether oxygens (including phenoxy) is 1. The van der Waals surface area contributed by atoms with Crippen LogP contribution in [-0.4, -0.2) is 78.8 Å². The highest BCUT2D eigenvalue weighted by molar-refractivity contribution is 7.88. The summed E-state index contributed by atoms with van der Waals surface area (Å²) in [4.78, 5) is 2.38. The van der Waals surface area contributed by atoms with Crippen LogP contribution < -0.4 is 0 Å². The van der Waals surface area contributed by atoms with Gasteiger partial charge in [0, 0.05) is 46.3 Å². The van der Waals surface area contributed by atoms with Gasteiger partial charge in [-0.1, -0.05) is 5.21 Å². The van der Waals surface area contributed by atoms with E-state index in [1.165, 1.54) is 11.9 Å². The minimum Gasteiger partial charge on any atom is -0.383 e. The summed E-state index contributed by atoms with van der Waals surface area (Å²) in [5, 5.41) is 8.55. The molecule has 1 aromatic heterocycles. The molecule has 1 atom stereocenters. The first-order valence-corrected chi connectivity index (χ1v) is 10.4. The summed E-state index contributed by atoms with van der Waals surface area (Å²) >= 11 is 0. The smallest absolute Gasteiger partial charge is 0.211 e. The van der Waals surface area contributed by atoms with Crippen molar-refractivity contribution in [3.05, 3.63) is 11.4 Å². The second-order valence-corrected chi connectivity index (χ2v) is 8.80. The molecule has 1 saturated heterocycles. The Hall–Kier alpha value is -1.03. The van der Waals surface area contributed by atoms with Crippen LogP contribution in [-0.2, 0) is 34.3 Å². The lowest BCUT2D eigenvalue weighted by Gasteiger charge is -2.35. The van der Waals surface area contributed by atoms with Crippen molar-refractivity contribution in [1.29, 1.82) is 0 Å². The lowest BCUT2D eigenvalue weighted by atomic mass is 9.98. The van der Waals surface area contributed by atoms with Gasteiger partial charge in [0.2, 0.25) is 10.0 Å². The first-order chi connectivity index (χ1) is 11.5. The summed E-state index contributed by atoms with van der Waals surface area (Å²) in [5.41, 5.74) is 2.26. The summed E-state index contributed by atoms with van der Waals surface area (Å²) in [6.07, 6.45) is 4.29. The van der Waals surface area contributed by atoms with Crippen LogP contribution in [0.3, 0.4) is 0 Å². The zero-order valence-electron chi connectivity index (χ0n) is 14.5. The topological polar surface area (TPSA) is 80.6 Å². The third-order valence-corrected chi connectivity index (χ3v) is 6.20. The predicted molar refractivity (Wildman–Crippen MR) is 90.0 cm³/mol. The van der Waals surface area contributed by atoms with E-state index < -0.39 is 10.0 Å². The highest BCUT2D eigenvalue weighted by Gasteiger charge is 2.29. The summed E-state index contributed by atoms with van der Waals surface area (Å²) in [6, 6.07) is 0. The molecule has 1 unspecified atom stereocenters. The van der Waals surface area contributed by atoms with Crippen LogP contribution >= 0.6 is 0 Å². The molecule has 0 bridgehead atoms. The Balaban J connectivity index is 1.57. The van der Waals surface area contributed by atoms with Crippen molar-refractivity contribution in [3.63, 3.8) is 0 Å². The van der Waals surface area contributed by atoms with Crippen LogP contribution in [0.2, 0.25) is 0 Å². The standard InChI is InChI=1S/C15H27N5O3S/c1-23-9-8-20-15-5-7-18(12-14(15)16-17-20)10-13-4-3-6-19(11-13)24(2,21)22/h13H,3-12H2,1-2H3. The number of methoxy groups -OCH3 is 1. The molecule has 2 aliphatic rings. The summed E-state index contributed by atoms with van der Waals surface area (Å²) in [5.74, 6) is 0.401. The van der Waals surface area contributed by atoms with Crippen LogP contribution in [0.25, 0.3) is 0 Å². The maximum Gasteiger partial charge on any atom is 0.211 e. The molecular formula is C15H27N5O3S.